The predicted molar refractivity (Wildman–Crippen MR) is 46.0 cm³/mol. The standard InChI is InChI=1S/C7H9BrN2O/c8-6-1-5(3-10-4-6)7(11)2-9/h1,3-4,7,11H,2,9H2/t7-/m1/s1. The monoisotopic (exact) mass is 216 g/mol. The van der Waals surface area contributed by atoms with Gasteiger partial charge >= 0.3 is 0 Å². The summed E-state index contributed by atoms with van der Waals surface area (Å²) in [4.78, 5) is 3.89. The number of hydrogen-bond acceptors (Lipinski definition) is 3. The minimum Gasteiger partial charge on any atom is -0.387 e. The second-order valence-corrected chi connectivity index (χ2v) is 3.10. The van der Waals surface area contributed by atoms with E-state index in [1.54, 1.807) is 18.5 Å². The smallest absolute Gasteiger partial charge is 0.0927 e. The third-order valence-corrected chi connectivity index (χ3v) is 1.77. The number of aromatic nitrogens is 1. The molecule has 0 saturated heterocycles. The van der Waals surface area contributed by atoms with Crippen molar-refractivity contribution in [3.8, 4) is 0 Å². The Morgan fingerprint density at radius 3 is 2.91 bits per heavy atom. The van der Waals surface area contributed by atoms with Crippen LogP contribution in [-0.2, 0) is 0 Å². The zero-order chi connectivity index (χ0) is 8.27. The van der Waals surface area contributed by atoms with Crippen LogP contribution in [0.2, 0.25) is 0 Å². The first kappa shape index (κ1) is 8.64. The van der Waals surface area contributed by atoms with E-state index in [-0.39, 0.29) is 6.54 Å². The molecular formula is C7H9BrN2O. The van der Waals surface area contributed by atoms with Crippen LogP contribution in [0.4, 0.5) is 0 Å². The number of rotatable bonds is 2. The predicted octanol–water partition coefficient (Wildman–Crippen LogP) is 0.836. The summed E-state index contributed by atoms with van der Waals surface area (Å²) in [6, 6.07) is 1.80. The van der Waals surface area contributed by atoms with E-state index in [1.807, 2.05) is 0 Å². The molecule has 0 bridgehead atoms. The molecule has 0 aromatic carbocycles. The summed E-state index contributed by atoms with van der Waals surface area (Å²) in [5.41, 5.74) is 6.00. The number of nitrogens with zero attached hydrogens (tertiary/aromatic N) is 1. The fraction of sp³-hybridized carbons (Fsp3) is 0.286. The molecule has 0 amide bonds. The van der Waals surface area contributed by atoms with Gasteiger partial charge in [0.1, 0.15) is 0 Å². The highest BCUT2D eigenvalue weighted by atomic mass is 79.9. The average molecular weight is 217 g/mol. The molecule has 3 N–H and O–H groups in total. The van der Waals surface area contributed by atoms with Crippen molar-refractivity contribution in [2.45, 2.75) is 6.10 Å². The molecule has 0 unspecified atom stereocenters. The number of halogens is 1. The molecule has 0 aliphatic heterocycles. The summed E-state index contributed by atoms with van der Waals surface area (Å²) in [5, 5.41) is 9.27. The first-order valence-electron chi connectivity index (χ1n) is 3.22. The molecule has 0 fully saturated rings. The van der Waals surface area contributed by atoms with Crippen LogP contribution >= 0.6 is 15.9 Å². The van der Waals surface area contributed by atoms with Gasteiger partial charge in [-0.25, -0.2) is 0 Å². The number of hydrogen-bond donors (Lipinski definition) is 2. The molecule has 0 saturated carbocycles. The van der Waals surface area contributed by atoms with Crippen LogP contribution in [-0.4, -0.2) is 16.6 Å². The Kier molecular flexibility index (Phi) is 2.99. The molecule has 1 rings (SSSR count). The lowest BCUT2D eigenvalue weighted by molar-refractivity contribution is 0.186. The topological polar surface area (TPSA) is 59.1 Å². The van der Waals surface area contributed by atoms with Crippen molar-refractivity contribution < 1.29 is 5.11 Å². The molecular weight excluding hydrogens is 208 g/mol. The maximum Gasteiger partial charge on any atom is 0.0927 e. The SMILES string of the molecule is NC[C@@H](O)c1cncc(Br)c1. The summed E-state index contributed by atoms with van der Waals surface area (Å²) >= 11 is 3.25. The second-order valence-electron chi connectivity index (χ2n) is 2.19. The summed E-state index contributed by atoms with van der Waals surface area (Å²) in [7, 11) is 0. The minimum atomic E-state index is -0.611. The average Bonchev–Trinajstić information content (AvgIpc) is 2.03. The van der Waals surface area contributed by atoms with Gasteiger partial charge in [0.2, 0.25) is 0 Å². The van der Waals surface area contributed by atoms with E-state index in [4.69, 9.17) is 5.73 Å². The lowest BCUT2D eigenvalue weighted by Gasteiger charge is -2.06. The zero-order valence-corrected chi connectivity index (χ0v) is 7.45. The van der Waals surface area contributed by atoms with Gasteiger partial charge in [-0.3, -0.25) is 4.98 Å². The summed E-state index contributed by atoms with van der Waals surface area (Å²) < 4.78 is 0.850. The third kappa shape index (κ3) is 2.25. The van der Waals surface area contributed by atoms with Crippen LogP contribution in [0, 0.1) is 0 Å². The molecule has 4 heteroatoms. The van der Waals surface area contributed by atoms with E-state index in [2.05, 4.69) is 20.9 Å². The molecule has 0 aliphatic rings. The molecule has 11 heavy (non-hydrogen) atoms. The lowest BCUT2D eigenvalue weighted by atomic mass is 10.2. The van der Waals surface area contributed by atoms with Crippen LogP contribution in [0.5, 0.6) is 0 Å². The first-order chi connectivity index (χ1) is 5.24. The van der Waals surface area contributed by atoms with Crippen LogP contribution in [0.3, 0.4) is 0 Å². The summed E-state index contributed by atoms with van der Waals surface area (Å²) in [6.07, 6.45) is 2.65. The Hall–Kier alpha value is -0.450. The Labute approximate surface area is 73.4 Å². The maximum absolute atomic E-state index is 9.27. The molecule has 0 aliphatic carbocycles. The Balaban J connectivity index is 2.86. The molecule has 1 aromatic heterocycles. The van der Waals surface area contributed by atoms with E-state index in [9.17, 15) is 5.11 Å². The maximum atomic E-state index is 9.27. The molecule has 1 heterocycles. The molecule has 60 valence electrons. The van der Waals surface area contributed by atoms with Crippen molar-refractivity contribution in [2.75, 3.05) is 6.54 Å². The highest BCUT2D eigenvalue weighted by molar-refractivity contribution is 9.10. The quantitative estimate of drug-likeness (QED) is 0.771. The molecule has 0 radical (unpaired) electrons. The van der Waals surface area contributed by atoms with Gasteiger partial charge in [-0.15, -0.1) is 0 Å². The fourth-order valence-electron chi connectivity index (χ4n) is 0.747. The Bertz CT molecular complexity index is 242. The summed E-state index contributed by atoms with van der Waals surface area (Å²) in [6.45, 7) is 0.220. The van der Waals surface area contributed by atoms with Crippen molar-refractivity contribution in [3.05, 3.63) is 28.5 Å². The van der Waals surface area contributed by atoms with Crippen molar-refractivity contribution in [1.29, 1.82) is 0 Å². The van der Waals surface area contributed by atoms with Gasteiger partial charge in [0.15, 0.2) is 0 Å². The van der Waals surface area contributed by atoms with E-state index in [0.29, 0.717) is 0 Å². The van der Waals surface area contributed by atoms with E-state index in [0.717, 1.165) is 10.0 Å². The van der Waals surface area contributed by atoms with Crippen molar-refractivity contribution in [1.82, 2.24) is 4.98 Å². The van der Waals surface area contributed by atoms with E-state index < -0.39 is 6.10 Å². The van der Waals surface area contributed by atoms with Gasteiger partial charge < -0.3 is 10.8 Å². The van der Waals surface area contributed by atoms with Crippen LogP contribution in [0.15, 0.2) is 22.9 Å². The number of aliphatic hydroxyl groups excluding tert-OH is 1. The van der Waals surface area contributed by atoms with Crippen molar-refractivity contribution in [3.63, 3.8) is 0 Å². The highest BCUT2D eigenvalue weighted by Crippen LogP contribution is 2.15. The van der Waals surface area contributed by atoms with Crippen molar-refractivity contribution in [2.24, 2.45) is 5.73 Å². The number of nitrogens with two attached hydrogens (primary N) is 1. The van der Waals surface area contributed by atoms with Crippen LogP contribution < -0.4 is 5.73 Å². The van der Waals surface area contributed by atoms with Crippen LogP contribution in [0.1, 0.15) is 11.7 Å². The molecule has 3 nitrogen and oxygen atoms in total. The van der Waals surface area contributed by atoms with Gasteiger partial charge in [-0.1, -0.05) is 0 Å². The molecule has 0 spiro atoms. The first-order valence-corrected chi connectivity index (χ1v) is 4.02. The van der Waals surface area contributed by atoms with Gasteiger partial charge in [0.05, 0.1) is 6.10 Å². The largest absolute Gasteiger partial charge is 0.387 e. The Morgan fingerprint density at radius 2 is 2.36 bits per heavy atom. The minimum absolute atomic E-state index is 0.220. The van der Waals surface area contributed by atoms with Crippen molar-refractivity contribution >= 4 is 15.9 Å². The highest BCUT2D eigenvalue weighted by Gasteiger charge is 2.04. The van der Waals surface area contributed by atoms with Gasteiger partial charge in [0.25, 0.3) is 0 Å². The molecule has 1 atom stereocenters. The molecule has 1 aromatic rings. The van der Waals surface area contributed by atoms with Gasteiger partial charge in [0, 0.05) is 29.0 Å². The van der Waals surface area contributed by atoms with Gasteiger partial charge in [-0.05, 0) is 22.0 Å². The number of aliphatic hydroxyl groups is 1. The van der Waals surface area contributed by atoms with E-state index >= 15 is 0 Å². The summed E-state index contributed by atoms with van der Waals surface area (Å²) in [5.74, 6) is 0. The van der Waals surface area contributed by atoms with Crippen LogP contribution in [0.25, 0.3) is 0 Å². The fourth-order valence-corrected chi connectivity index (χ4v) is 1.13. The second kappa shape index (κ2) is 3.80. The lowest BCUT2D eigenvalue weighted by Crippen LogP contribution is -2.11. The van der Waals surface area contributed by atoms with E-state index in [1.165, 1.54) is 0 Å². The Morgan fingerprint density at radius 1 is 1.64 bits per heavy atom. The third-order valence-electron chi connectivity index (χ3n) is 1.33. The number of pyridine rings is 1. The van der Waals surface area contributed by atoms with Gasteiger partial charge in [-0.2, -0.15) is 0 Å². The normalized spacial score (nSPS) is 13.0. The zero-order valence-electron chi connectivity index (χ0n) is 5.87.